The molecule has 3 nitrogen and oxygen atoms in total. The van der Waals surface area contributed by atoms with Gasteiger partial charge in [-0.2, -0.15) is 0 Å². The van der Waals surface area contributed by atoms with Crippen LogP contribution in [0.25, 0.3) is 22.9 Å². The molecule has 0 spiro atoms. The number of halogens is 1. The zero-order chi connectivity index (χ0) is 14.7. The Morgan fingerprint density at radius 2 is 2.10 bits per heavy atom. The van der Waals surface area contributed by atoms with Crippen LogP contribution in [0, 0.1) is 11.3 Å². The summed E-state index contributed by atoms with van der Waals surface area (Å²) < 4.78 is 7.12. The summed E-state index contributed by atoms with van der Waals surface area (Å²) in [7, 11) is 0. The second-order valence-corrected chi connectivity index (χ2v) is 6.95. The molecule has 102 valence electrons. The van der Waals surface area contributed by atoms with E-state index in [1.807, 2.05) is 30.3 Å². The van der Waals surface area contributed by atoms with Crippen molar-refractivity contribution in [2.45, 2.75) is 0 Å². The molecule has 0 saturated heterocycles. The van der Waals surface area contributed by atoms with Gasteiger partial charge in [0.1, 0.15) is 0 Å². The molecule has 0 amide bonds. The van der Waals surface area contributed by atoms with Gasteiger partial charge in [-0.1, -0.05) is 0 Å². The summed E-state index contributed by atoms with van der Waals surface area (Å²) in [5.41, 5.74) is 2.55. The van der Waals surface area contributed by atoms with Crippen molar-refractivity contribution in [3.8, 4) is 17.3 Å². The first-order valence-electron chi connectivity index (χ1n) is 6.13. The fraction of sp³-hybridized carbons (Fsp3) is 0. The molecule has 2 heterocycles. The van der Waals surface area contributed by atoms with Crippen molar-refractivity contribution in [1.82, 2.24) is 4.98 Å². The van der Waals surface area contributed by atoms with Gasteiger partial charge < -0.3 is 0 Å². The maximum atomic E-state index is 9.32. The van der Waals surface area contributed by atoms with Gasteiger partial charge in [0.25, 0.3) is 0 Å². The number of rotatable bonds is 3. The summed E-state index contributed by atoms with van der Waals surface area (Å²) >= 11 is 3.49. The standard InChI is InChI=1S/C16H9BrN2OSe/c17-13-5-3-11(4-6-13)15-10-21-16(19-15)12(9-18)8-14-2-1-7-20-14/h1-8,10H. The first kappa shape index (κ1) is 14.1. The van der Waals surface area contributed by atoms with Gasteiger partial charge in [-0.05, 0) is 0 Å². The summed E-state index contributed by atoms with van der Waals surface area (Å²) in [6, 6.07) is 13.8. The zero-order valence-corrected chi connectivity index (χ0v) is 14.1. The molecule has 1 aromatic carbocycles. The molecule has 3 rings (SSSR count). The Labute approximate surface area is 136 Å². The summed E-state index contributed by atoms with van der Waals surface area (Å²) in [6.07, 6.45) is 3.33. The van der Waals surface area contributed by atoms with Crippen LogP contribution < -0.4 is 0 Å². The molecule has 0 radical (unpaired) electrons. The number of furan rings is 1. The maximum absolute atomic E-state index is 9.32. The molecule has 0 aliphatic carbocycles. The molecule has 0 unspecified atom stereocenters. The van der Waals surface area contributed by atoms with Gasteiger partial charge >= 0.3 is 136 Å². The van der Waals surface area contributed by atoms with Gasteiger partial charge in [0.05, 0.1) is 0 Å². The molecule has 0 fully saturated rings. The van der Waals surface area contributed by atoms with Gasteiger partial charge in [-0.3, -0.25) is 0 Å². The molecule has 21 heavy (non-hydrogen) atoms. The molecular weight excluding hydrogens is 395 g/mol. The van der Waals surface area contributed by atoms with Crippen LogP contribution in [-0.2, 0) is 0 Å². The third kappa shape index (κ3) is 3.25. The van der Waals surface area contributed by atoms with E-state index in [0.29, 0.717) is 11.3 Å². The fourth-order valence-electron chi connectivity index (χ4n) is 1.81. The van der Waals surface area contributed by atoms with Crippen molar-refractivity contribution in [3.05, 3.63) is 62.4 Å². The molecule has 0 aliphatic heterocycles. The fourth-order valence-corrected chi connectivity index (χ4v) is 3.74. The Kier molecular flexibility index (Phi) is 4.21. The van der Waals surface area contributed by atoms with Gasteiger partial charge in [-0.25, -0.2) is 0 Å². The SMILES string of the molecule is N#CC(=Cc1ccco1)c1nc(-c2ccc(Br)cc2)c[se]1. The van der Waals surface area contributed by atoms with Crippen LogP contribution in [0.4, 0.5) is 0 Å². The first-order chi connectivity index (χ1) is 10.3. The van der Waals surface area contributed by atoms with Crippen molar-refractivity contribution >= 4 is 42.1 Å². The Morgan fingerprint density at radius 3 is 2.76 bits per heavy atom. The Balaban J connectivity index is 1.94. The van der Waals surface area contributed by atoms with Crippen molar-refractivity contribution < 1.29 is 4.42 Å². The molecule has 0 saturated carbocycles. The predicted molar refractivity (Wildman–Crippen MR) is 86.5 cm³/mol. The minimum absolute atomic E-state index is 0.0660. The number of hydrogen-bond acceptors (Lipinski definition) is 3. The van der Waals surface area contributed by atoms with E-state index >= 15 is 0 Å². The van der Waals surface area contributed by atoms with E-state index in [1.165, 1.54) is 0 Å². The zero-order valence-electron chi connectivity index (χ0n) is 10.8. The summed E-state index contributed by atoms with van der Waals surface area (Å²) in [6.45, 7) is 0. The van der Waals surface area contributed by atoms with Crippen LogP contribution in [0.3, 0.4) is 0 Å². The van der Waals surface area contributed by atoms with Gasteiger partial charge in [-0.15, -0.1) is 0 Å². The monoisotopic (exact) mass is 404 g/mol. The van der Waals surface area contributed by atoms with E-state index in [9.17, 15) is 5.26 Å². The number of benzene rings is 1. The molecule has 0 N–H and O–H groups in total. The van der Waals surface area contributed by atoms with E-state index in [-0.39, 0.29) is 14.5 Å². The molecule has 0 aliphatic rings. The summed E-state index contributed by atoms with van der Waals surface area (Å²) in [4.78, 5) is 6.69. The Hall–Kier alpha value is -1.86. The molecule has 5 heteroatoms. The minimum atomic E-state index is 0.0660. The number of hydrogen-bond donors (Lipinski definition) is 0. The van der Waals surface area contributed by atoms with Crippen molar-refractivity contribution in [2.24, 2.45) is 0 Å². The molecular formula is C16H9BrN2OSe. The summed E-state index contributed by atoms with van der Waals surface area (Å²) in [5.74, 6) is 0.669. The van der Waals surface area contributed by atoms with E-state index < -0.39 is 0 Å². The van der Waals surface area contributed by atoms with Crippen molar-refractivity contribution in [3.63, 3.8) is 0 Å². The second kappa shape index (κ2) is 6.28. The Morgan fingerprint density at radius 1 is 1.29 bits per heavy atom. The van der Waals surface area contributed by atoms with Crippen LogP contribution in [0.5, 0.6) is 0 Å². The second-order valence-electron chi connectivity index (χ2n) is 4.23. The van der Waals surface area contributed by atoms with Crippen molar-refractivity contribution in [1.29, 1.82) is 5.26 Å². The van der Waals surface area contributed by atoms with E-state index in [1.54, 1.807) is 18.4 Å². The van der Waals surface area contributed by atoms with Crippen LogP contribution in [0.2, 0.25) is 0 Å². The van der Waals surface area contributed by atoms with Crippen LogP contribution in [-0.4, -0.2) is 19.5 Å². The average molecular weight is 404 g/mol. The number of allylic oxidation sites excluding steroid dienone is 1. The number of nitriles is 1. The molecule has 0 atom stereocenters. The molecule has 0 bridgehead atoms. The molecule has 3 aromatic rings. The first-order valence-corrected chi connectivity index (χ1v) is 8.77. The Bertz CT molecular complexity index is 811. The third-order valence-electron chi connectivity index (χ3n) is 2.82. The van der Waals surface area contributed by atoms with Crippen LogP contribution in [0.1, 0.15) is 10.3 Å². The number of nitrogens with zero attached hydrogens (tertiary/aromatic N) is 2. The predicted octanol–water partition coefficient (Wildman–Crippen LogP) is 4.23. The van der Waals surface area contributed by atoms with E-state index in [4.69, 9.17) is 4.42 Å². The van der Waals surface area contributed by atoms with E-state index in [0.717, 1.165) is 20.3 Å². The molecule has 2 aromatic heterocycles. The topological polar surface area (TPSA) is 49.8 Å². The summed E-state index contributed by atoms with van der Waals surface area (Å²) in [5, 5.41) is 9.32. The number of aromatic nitrogens is 1. The van der Waals surface area contributed by atoms with Gasteiger partial charge in [0.15, 0.2) is 0 Å². The third-order valence-corrected chi connectivity index (χ3v) is 5.19. The van der Waals surface area contributed by atoms with Crippen molar-refractivity contribution in [2.75, 3.05) is 0 Å². The van der Waals surface area contributed by atoms with Gasteiger partial charge in [0, 0.05) is 0 Å². The van der Waals surface area contributed by atoms with E-state index in [2.05, 4.69) is 31.9 Å². The van der Waals surface area contributed by atoms with Crippen LogP contribution >= 0.6 is 15.9 Å². The van der Waals surface area contributed by atoms with Gasteiger partial charge in [0.2, 0.25) is 0 Å². The normalized spacial score (nSPS) is 11.3. The quantitative estimate of drug-likeness (QED) is 0.485. The average Bonchev–Trinajstić information content (AvgIpc) is 3.17. The van der Waals surface area contributed by atoms with Crippen LogP contribution in [0.15, 0.2) is 56.5 Å².